The van der Waals surface area contributed by atoms with Gasteiger partial charge in [0.05, 0.1) is 23.3 Å². The van der Waals surface area contributed by atoms with Gasteiger partial charge < -0.3 is 9.47 Å². The van der Waals surface area contributed by atoms with E-state index in [1.165, 1.54) is 0 Å². The van der Waals surface area contributed by atoms with Crippen molar-refractivity contribution < 1.29 is 22.7 Å². The zero-order chi connectivity index (χ0) is 19.5. The van der Waals surface area contributed by atoms with Crippen molar-refractivity contribution in [2.45, 2.75) is 57.6 Å². The lowest BCUT2D eigenvalue weighted by atomic mass is 9.93. The molecule has 1 aromatic rings. The van der Waals surface area contributed by atoms with Gasteiger partial charge in [-0.1, -0.05) is 13.0 Å². The first kappa shape index (κ1) is 20.7. The third kappa shape index (κ3) is 4.76. The van der Waals surface area contributed by atoms with E-state index in [9.17, 15) is 13.2 Å². The smallest absolute Gasteiger partial charge is 0.410 e. The van der Waals surface area contributed by atoms with Gasteiger partial charge in [-0.05, 0) is 57.4 Å². The molecule has 0 spiro atoms. The van der Waals surface area contributed by atoms with Crippen molar-refractivity contribution in [3.63, 3.8) is 0 Å². The summed E-state index contributed by atoms with van der Waals surface area (Å²) in [5.41, 5.74) is 1.29. The van der Waals surface area contributed by atoms with Crippen molar-refractivity contribution in [1.29, 1.82) is 0 Å². The molecule has 0 N–H and O–H groups in total. The molecule has 1 heterocycles. The van der Waals surface area contributed by atoms with Crippen LogP contribution in [0, 0.1) is 0 Å². The van der Waals surface area contributed by atoms with E-state index in [1.807, 2.05) is 27.7 Å². The highest BCUT2D eigenvalue weighted by molar-refractivity contribution is 7.91. The van der Waals surface area contributed by atoms with Gasteiger partial charge in [0.1, 0.15) is 5.60 Å². The van der Waals surface area contributed by atoms with Gasteiger partial charge in [-0.2, -0.15) is 0 Å². The molecule has 0 bridgehead atoms. The Labute approximate surface area is 156 Å². The summed E-state index contributed by atoms with van der Waals surface area (Å²) in [6.45, 7) is 10.4. The normalized spacial score (nSPS) is 17.7. The fraction of sp³-hybridized carbons (Fsp3) is 0.632. The summed E-state index contributed by atoms with van der Waals surface area (Å²) >= 11 is 0. The number of fused-ring (bicyclic) bond motifs is 1. The molecule has 0 aromatic heterocycles. The molecule has 0 aliphatic carbocycles. The molecule has 2 rings (SSSR count). The van der Waals surface area contributed by atoms with Crippen LogP contribution in [0.5, 0.6) is 0 Å². The van der Waals surface area contributed by atoms with Crippen LogP contribution >= 0.6 is 0 Å². The van der Waals surface area contributed by atoms with Gasteiger partial charge in [0.2, 0.25) is 0 Å². The molecule has 1 unspecified atom stereocenters. The van der Waals surface area contributed by atoms with Gasteiger partial charge in [0, 0.05) is 13.2 Å². The van der Waals surface area contributed by atoms with E-state index >= 15 is 0 Å². The first-order valence-corrected chi connectivity index (χ1v) is 10.7. The van der Waals surface area contributed by atoms with Gasteiger partial charge in [0.25, 0.3) is 0 Å². The Bertz CT molecular complexity index is 752. The number of carbonyl (C=O) groups excluding carboxylic acids is 1. The summed E-state index contributed by atoms with van der Waals surface area (Å²) < 4.78 is 35.4. The maximum absolute atomic E-state index is 12.6. The summed E-state index contributed by atoms with van der Waals surface area (Å²) in [7, 11) is -3.26. The quantitative estimate of drug-likeness (QED) is 0.780. The first-order valence-electron chi connectivity index (χ1n) is 9.02. The molecular formula is C19H29NO5S. The molecular weight excluding hydrogens is 354 g/mol. The summed E-state index contributed by atoms with van der Waals surface area (Å²) in [6, 6.07) is 4.87. The van der Waals surface area contributed by atoms with Gasteiger partial charge in [-0.15, -0.1) is 0 Å². The Morgan fingerprint density at radius 3 is 2.54 bits per heavy atom. The predicted molar refractivity (Wildman–Crippen MR) is 100 cm³/mol. The maximum atomic E-state index is 12.6. The van der Waals surface area contributed by atoms with Gasteiger partial charge in [-0.3, -0.25) is 4.90 Å². The van der Waals surface area contributed by atoms with E-state index in [2.05, 4.69) is 0 Å². The van der Waals surface area contributed by atoms with Gasteiger partial charge in [-0.25, -0.2) is 13.2 Å². The minimum atomic E-state index is -3.26. The predicted octanol–water partition coefficient (Wildman–Crippen LogP) is 3.35. The number of carbonyl (C=O) groups is 1. The Morgan fingerprint density at radius 1 is 1.27 bits per heavy atom. The molecule has 1 amide bonds. The number of ether oxygens (including phenoxy) is 2. The number of rotatable bonds is 5. The number of nitrogens with zero attached hydrogens (tertiary/aromatic N) is 1. The van der Waals surface area contributed by atoms with Crippen molar-refractivity contribution in [2.24, 2.45) is 0 Å². The van der Waals surface area contributed by atoms with Gasteiger partial charge in [0.15, 0.2) is 9.84 Å². The molecule has 0 radical (unpaired) electrons. The highest BCUT2D eigenvalue weighted by Crippen LogP contribution is 2.33. The SMILES string of the molecule is CCOCC1c2ccc(S(=O)(=O)CC)cc2CCN1C(=O)OC(C)(C)C. The Hall–Kier alpha value is -1.60. The summed E-state index contributed by atoms with van der Waals surface area (Å²) in [5, 5.41) is 0. The Kier molecular flexibility index (Phi) is 6.34. The molecule has 0 saturated heterocycles. The maximum Gasteiger partial charge on any atom is 0.410 e. The average molecular weight is 384 g/mol. The number of hydrogen-bond donors (Lipinski definition) is 0. The molecule has 1 atom stereocenters. The van der Waals surface area contributed by atoms with E-state index in [0.29, 0.717) is 31.1 Å². The number of hydrogen-bond acceptors (Lipinski definition) is 5. The molecule has 6 nitrogen and oxygen atoms in total. The molecule has 7 heteroatoms. The summed E-state index contributed by atoms with van der Waals surface area (Å²) in [5.74, 6) is 0.0677. The second-order valence-corrected chi connectivity index (χ2v) is 9.64. The van der Waals surface area contributed by atoms with Crippen molar-refractivity contribution in [3.8, 4) is 0 Å². The zero-order valence-electron chi connectivity index (χ0n) is 16.2. The lowest BCUT2D eigenvalue weighted by Crippen LogP contribution is -2.44. The van der Waals surface area contributed by atoms with Crippen LogP contribution in [-0.4, -0.2) is 50.5 Å². The van der Waals surface area contributed by atoms with Crippen molar-refractivity contribution in [3.05, 3.63) is 29.3 Å². The van der Waals surface area contributed by atoms with Crippen LogP contribution in [0.1, 0.15) is 51.8 Å². The van der Waals surface area contributed by atoms with Crippen LogP contribution in [0.15, 0.2) is 23.1 Å². The van der Waals surface area contributed by atoms with Crippen LogP contribution in [0.4, 0.5) is 4.79 Å². The molecule has 1 aliphatic rings. The molecule has 0 saturated carbocycles. The summed E-state index contributed by atoms with van der Waals surface area (Å²) in [6.07, 6.45) is 0.211. The minimum absolute atomic E-state index is 0.0677. The van der Waals surface area contributed by atoms with Crippen LogP contribution in [0.25, 0.3) is 0 Å². The van der Waals surface area contributed by atoms with Crippen LogP contribution < -0.4 is 0 Å². The third-order valence-corrected chi connectivity index (χ3v) is 6.05. The van der Waals surface area contributed by atoms with Crippen molar-refractivity contribution in [1.82, 2.24) is 4.90 Å². The average Bonchev–Trinajstić information content (AvgIpc) is 2.57. The van der Waals surface area contributed by atoms with Gasteiger partial charge >= 0.3 is 6.09 Å². The third-order valence-electron chi connectivity index (χ3n) is 4.32. The highest BCUT2D eigenvalue weighted by atomic mass is 32.2. The first-order chi connectivity index (χ1) is 12.1. The second kappa shape index (κ2) is 7.96. The standard InChI is InChI=1S/C19H29NO5S/c1-6-24-13-17-16-9-8-15(26(22,23)7-2)12-14(16)10-11-20(17)18(21)25-19(3,4)5/h8-9,12,17H,6-7,10-11,13H2,1-5H3. The molecule has 26 heavy (non-hydrogen) atoms. The number of sulfone groups is 1. The summed E-state index contributed by atoms with van der Waals surface area (Å²) in [4.78, 5) is 14.6. The number of amides is 1. The fourth-order valence-corrected chi connectivity index (χ4v) is 3.93. The van der Waals surface area contributed by atoms with E-state index < -0.39 is 15.4 Å². The largest absolute Gasteiger partial charge is 0.444 e. The molecule has 1 aromatic carbocycles. The van der Waals surface area contributed by atoms with E-state index in [1.54, 1.807) is 30.0 Å². The van der Waals surface area contributed by atoms with Crippen LogP contribution in [-0.2, 0) is 25.7 Å². The van der Waals surface area contributed by atoms with Crippen LogP contribution in [0.3, 0.4) is 0 Å². The monoisotopic (exact) mass is 383 g/mol. The topological polar surface area (TPSA) is 72.9 Å². The molecule has 1 aliphatic heterocycles. The molecule has 146 valence electrons. The lowest BCUT2D eigenvalue weighted by Gasteiger charge is -2.38. The van der Waals surface area contributed by atoms with Crippen molar-refractivity contribution >= 4 is 15.9 Å². The Morgan fingerprint density at radius 2 is 1.96 bits per heavy atom. The number of benzene rings is 1. The van der Waals surface area contributed by atoms with E-state index in [-0.39, 0.29) is 17.9 Å². The highest BCUT2D eigenvalue weighted by Gasteiger charge is 2.34. The zero-order valence-corrected chi connectivity index (χ0v) is 17.1. The van der Waals surface area contributed by atoms with E-state index in [4.69, 9.17) is 9.47 Å². The van der Waals surface area contributed by atoms with Crippen LogP contribution in [0.2, 0.25) is 0 Å². The lowest BCUT2D eigenvalue weighted by molar-refractivity contribution is -0.000749. The fourth-order valence-electron chi connectivity index (χ4n) is 3.00. The van der Waals surface area contributed by atoms with Crippen molar-refractivity contribution in [2.75, 3.05) is 25.5 Å². The minimum Gasteiger partial charge on any atom is -0.444 e. The Balaban J connectivity index is 2.37. The molecule has 0 fully saturated rings. The second-order valence-electron chi connectivity index (χ2n) is 7.36. The van der Waals surface area contributed by atoms with E-state index in [0.717, 1.165) is 11.1 Å².